The van der Waals surface area contributed by atoms with Crippen molar-refractivity contribution >= 4 is 37.7 Å². The highest BCUT2D eigenvalue weighted by Crippen LogP contribution is 2.38. The van der Waals surface area contributed by atoms with Gasteiger partial charge in [-0.05, 0) is 48.4 Å². The van der Waals surface area contributed by atoms with Crippen LogP contribution in [0.3, 0.4) is 0 Å². The average molecular weight is 408 g/mol. The Morgan fingerprint density at radius 1 is 0.952 bits per heavy atom. The Morgan fingerprint density at radius 3 is 2.33 bits per heavy atom. The van der Waals surface area contributed by atoms with E-state index in [1.165, 1.54) is 0 Å². The number of rotatable bonds is 2. The molecule has 106 valence electrons. The molecule has 1 heterocycles. The van der Waals surface area contributed by atoms with Crippen molar-refractivity contribution < 1.29 is 4.52 Å². The number of aromatic nitrogens is 1. The van der Waals surface area contributed by atoms with Crippen LogP contribution in [-0.2, 0) is 0 Å². The van der Waals surface area contributed by atoms with E-state index in [4.69, 9.17) is 10.3 Å². The van der Waals surface area contributed by atoms with Gasteiger partial charge in [0.2, 0.25) is 0 Å². The first kappa shape index (κ1) is 14.4. The largest absolute Gasteiger partial charge is 0.380 e. The number of hydrogen-bond acceptors (Lipinski definition) is 3. The zero-order valence-electron chi connectivity index (χ0n) is 11.2. The summed E-state index contributed by atoms with van der Waals surface area (Å²) in [7, 11) is 0. The van der Waals surface area contributed by atoms with Gasteiger partial charge in [-0.2, -0.15) is 0 Å². The van der Waals surface area contributed by atoms with Crippen LogP contribution in [0.25, 0.3) is 22.5 Å². The van der Waals surface area contributed by atoms with Gasteiger partial charge in [0.25, 0.3) is 0 Å². The lowest BCUT2D eigenvalue weighted by molar-refractivity contribution is 0.436. The van der Waals surface area contributed by atoms with Crippen LogP contribution in [0.5, 0.6) is 0 Å². The Balaban J connectivity index is 2.19. The third-order valence-electron chi connectivity index (χ3n) is 3.16. The minimum Gasteiger partial charge on any atom is -0.380 e. The molecular weight excluding hydrogens is 396 g/mol. The molecule has 5 heteroatoms. The Kier molecular flexibility index (Phi) is 3.87. The molecule has 3 aromatic rings. The van der Waals surface area contributed by atoms with Crippen LogP contribution >= 0.6 is 31.9 Å². The predicted molar refractivity (Wildman–Crippen MR) is 91.9 cm³/mol. The van der Waals surface area contributed by atoms with Crippen molar-refractivity contribution in [1.82, 2.24) is 5.16 Å². The van der Waals surface area contributed by atoms with Crippen molar-refractivity contribution in [2.45, 2.75) is 6.92 Å². The maximum atomic E-state index is 6.00. The molecule has 0 saturated heterocycles. The van der Waals surface area contributed by atoms with E-state index in [0.717, 1.165) is 31.2 Å². The zero-order valence-corrected chi connectivity index (χ0v) is 14.4. The monoisotopic (exact) mass is 406 g/mol. The molecule has 21 heavy (non-hydrogen) atoms. The summed E-state index contributed by atoms with van der Waals surface area (Å²) in [6.45, 7) is 2.04. The van der Waals surface area contributed by atoms with Crippen molar-refractivity contribution in [3.8, 4) is 22.5 Å². The molecule has 2 N–H and O–H groups in total. The van der Waals surface area contributed by atoms with Crippen molar-refractivity contribution in [1.29, 1.82) is 0 Å². The Morgan fingerprint density at radius 2 is 1.67 bits per heavy atom. The summed E-state index contributed by atoms with van der Waals surface area (Å²) >= 11 is 6.94. The van der Waals surface area contributed by atoms with Gasteiger partial charge in [0.15, 0.2) is 11.6 Å². The summed E-state index contributed by atoms with van der Waals surface area (Å²) < 4.78 is 7.48. The Bertz CT molecular complexity index is 774. The van der Waals surface area contributed by atoms with E-state index in [9.17, 15) is 0 Å². The van der Waals surface area contributed by atoms with Gasteiger partial charge in [0.05, 0.1) is 5.56 Å². The lowest BCUT2D eigenvalue weighted by Crippen LogP contribution is -1.89. The van der Waals surface area contributed by atoms with E-state index in [1.807, 2.05) is 49.4 Å². The van der Waals surface area contributed by atoms with Crippen molar-refractivity contribution in [2.75, 3.05) is 5.73 Å². The number of aryl methyl sites for hydroxylation is 1. The van der Waals surface area contributed by atoms with Crippen molar-refractivity contribution in [2.24, 2.45) is 0 Å². The maximum absolute atomic E-state index is 6.00. The summed E-state index contributed by atoms with van der Waals surface area (Å²) in [5.74, 6) is 1.07. The van der Waals surface area contributed by atoms with E-state index < -0.39 is 0 Å². The quantitative estimate of drug-likeness (QED) is 0.616. The van der Waals surface area contributed by atoms with Gasteiger partial charge in [-0.15, -0.1) is 0 Å². The molecule has 0 radical (unpaired) electrons. The summed E-state index contributed by atoms with van der Waals surface area (Å²) in [5, 5.41) is 3.93. The number of halogens is 2. The number of nitrogens with two attached hydrogens (primary N) is 1. The van der Waals surface area contributed by atoms with Gasteiger partial charge in [0.1, 0.15) is 0 Å². The molecule has 0 spiro atoms. The van der Waals surface area contributed by atoms with Crippen molar-refractivity contribution in [3.63, 3.8) is 0 Å². The van der Waals surface area contributed by atoms with Crippen LogP contribution in [0.15, 0.2) is 55.9 Å². The molecule has 0 aliphatic carbocycles. The maximum Gasteiger partial charge on any atom is 0.176 e. The fraction of sp³-hybridized carbons (Fsp3) is 0.0625. The Hall–Kier alpha value is -1.59. The SMILES string of the molecule is Cc1cc(Br)cc(-c2onc(N)c2-c2ccc(Br)cc2)c1. The molecule has 2 aromatic carbocycles. The second-order valence-corrected chi connectivity index (χ2v) is 6.63. The summed E-state index contributed by atoms with van der Waals surface area (Å²) in [6, 6.07) is 14.0. The molecule has 0 bridgehead atoms. The normalized spacial score (nSPS) is 10.8. The van der Waals surface area contributed by atoms with Crippen LogP contribution in [0.4, 0.5) is 5.82 Å². The van der Waals surface area contributed by atoms with Gasteiger partial charge >= 0.3 is 0 Å². The highest BCUT2D eigenvalue weighted by atomic mass is 79.9. The lowest BCUT2D eigenvalue weighted by atomic mass is 10.0. The molecule has 0 aliphatic rings. The topological polar surface area (TPSA) is 52.0 Å². The first-order valence-corrected chi connectivity index (χ1v) is 7.92. The second-order valence-electron chi connectivity index (χ2n) is 4.80. The molecule has 0 unspecified atom stereocenters. The minimum atomic E-state index is 0.393. The van der Waals surface area contributed by atoms with E-state index in [2.05, 4.69) is 37.0 Å². The highest BCUT2D eigenvalue weighted by Gasteiger charge is 2.18. The van der Waals surface area contributed by atoms with Gasteiger partial charge in [0, 0.05) is 14.5 Å². The summed E-state index contributed by atoms with van der Waals surface area (Å²) in [6.07, 6.45) is 0. The smallest absolute Gasteiger partial charge is 0.176 e. The highest BCUT2D eigenvalue weighted by molar-refractivity contribution is 9.10. The predicted octanol–water partition coefficient (Wildman–Crippen LogP) is 5.42. The fourth-order valence-electron chi connectivity index (χ4n) is 2.26. The molecule has 0 atom stereocenters. The number of nitrogens with zero attached hydrogens (tertiary/aromatic N) is 1. The van der Waals surface area contributed by atoms with Crippen LogP contribution in [0, 0.1) is 6.92 Å². The van der Waals surface area contributed by atoms with Gasteiger partial charge in [-0.3, -0.25) is 0 Å². The number of anilines is 1. The molecule has 0 saturated carbocycles. The minimum absolute atomic E-state index is 0.393. The van der Waals surface area contributed by atoms with E-state index in [0.29, 0.717) is 11.6 Å². The fourth-order valence-corrected chi connectivity index (χ4v) is 3.13. The molecule has 3 nitrogen and oxygen atoms in total. The van der Waals surface area contributed by atoms with Gasteiger partial charge in [-0.25, -0.2) is 0 Å². The van der Waals surface area contributed by atoms with Gasteiger partial charge < -0.3 is 10.3 Å². The Labute approximate surface area is 139 Å². The standard InChI is InChI=1S/C16H12Br2N2O/c1-9-6-11(8-13(18)7-9)15-14(16(19)20-21-15)10-2-4-12(17)5-3-10/h2-8H,1H3,(H2,19,20). The molecule has 1 aromatic heterocycles. The van der Waals surface area contributed by atoms with Crippen LogP contribution in [-0.4, -0.2) is 5.16 Å². The zero-order chi connectivity index (χ0) is 15.0. The van der Waals surface area contributed by atoms with E-state index >= 15 is 0 Å². The van der Waals surface area contributed by atoms with Crippen LogP contribution < -0.4 is 5.73 Å². The first-order chi connectivity index (χ1) is 10.0. The molecule has 0 amide bonds. The van der Waals surface area contributed by atoms with Crippen LogP contribution in [0.1, 0.15) is 5.56 Å². The first-order valence-electron chi connectivity index (χ1n) is 6.33. The summed E-state index contributed by atoms with van der Waals surface area (Å²) in [5.41, 5.74) is 9.88. The number of benzene rings is 2. The van der Waals surface area contributed by atoms with E-state index in [-0.39, 0.29) is 0 Å². The second kappa shape index (κ2) is 5.66. The third-order valence-corrected chi connectivity index (χ3v) is 4.14. The number of hydrogen-bond donors (Lipinski definition) is 1. The number of nitrogen functional groups attached to an aromatic ring is 1. The van der Waals surface area contributed by atoms with Crippen molar-refractivity contribution in [3.05, 3.63) is 57.0 Å². The molecule has 3 rings (SSSR count). The molecular formula is C16H12Br2N2O. The van der Waals surface area contributed by atoms with Crippen LogP contribution in [0.2, 0.25) is 0 Å². The molecule has 0 aliphatic heterocycles. The summed E-state index contributed by atoms with van der Waals surface area (Å²) in [4.78, 5) is 0. The average Bonchev–Trinajstić information content (AvgIpc) is 2.80. The lowest BCUT2D eigenvalue weighted by Gasteiger charge is -2.05. The van der Waals surface area contributed by atoms with Gasteiger partial charge in [-0.1, -0.05) is 49.1 Å². The third kappa shape index (κ3) is 2.89. The van der Waals surface area contributed by atoms with E-state index in [1.54, 1.807) is 0 Å². The molecule has 0 fully saturated rings.